The average molecular weight is 417 g/mol. The fourth-order valence-electron chi connectivity index (χ4n) is 3.75. The van der Waals surface area contributed by atoms with Gasteiger partial charge in [0.2, 0.25) is 0 Å². The third kappa shape index (κ3) is 6.85. The van der Waals surface area contributed by atoms with Crippen molar-refractivity contribution in [3.63, 3.8) is 0 Å². The van der Waals surface area contributed by atoms with Crippen LogP contribution in [0.25, 0.3) is 0 Å². The second-order valence-corrected chi connectivity index (χ2v) is 8.17. The largest absolute Gasteiger partial charge is 0.343 e. The van der Waals surface area contributed by atoms with Gasteiger partial charge in [-0.05, 0) is 12.1 Å². The molecular formula is C22H29ClN4O2+2. The molecule has 29 heavy (non-hydrogen) atoms. The third-order valence-electron chi connectivity index (χ3n) is 5.12. The Morgan fingerprint density at radius 3 is 2.52 bits per heavy atom. The van der Waals surface area contributed by atoms with Crippen molar-refractivity contribution in [2.45, 2.75) is 19.0 Å². The summed E-state index contributed by atoms with van der Waals surface area (Å²) >= 11 is 6.06. The molecule has 0 aliphatic carbocycles. The number of anilines is 1. The van der Waals surface area contributed by atoms with E-state index < -0.39 is 0 Å². The van der Waals surface area contributed by atoms with Gasteiger partial charge >= 0.3 is 0 Å². The smallest absolute Gasteiger partial charge is 0.279 e. The van der Waals surface area contributed by atoms with Gasteiger partial charge in [0.15, 0.2) is 13.1 Å². The lowest BCUT2D eigenvalue weighted by Crippen LogP contribution is -3.11. The van der Waals surface area contributed by atoms with Crippen molar-refractivity contribution in [2.24, 2.45) is 0 Å². The van der Waals surface area contributed by atoms with Gasteiger partial charge in [0.1, 0.15) is 6.54 Å². The van der Waals surface area contributed by atoms with E-state index in [1.165, 1.54) is 10.5 Å². The maximum absolute atomic E-state index is 12.4. The molecule has 7 heteroatoms. The zero-order chi connectivity index (χ0) is 20.6. The number of carbonyl (C=O) groups is 2. The Morgan fingerprint density at radius 1 is 1.07 bits per heavy atom. The monoisotopic (exact) mass is 416 g/mol. The van der Waals surface area contributed by atoms with E-state index in [4.69, 9.17) is 11.6 Å². The molecule has 0 aromatic heterocycles. The lowest BCUT2D eigenvalue weighted by molar-refractivity contribution is -0.901. The van der Waals surface area contributed by atoms with Crippen LogP contribution in [0, 0.1) is 0 Å². The van der Waals surface area contributed by atoms with E-state index in [2.05, 4.69) is 34.9 Å². The molecule has 154 valence electrons. The minimum atomic E-state index is -0.164. The van der Waals surface area contributed by atoms with Gasteiger partial charge in [-0.2, -0.15) is 0 Å². The molecule has 2 unspecified atom stereocenters. The normalized spacial score (nSPS) is 19.5. The van der Waals surface area contributed by atoms with Gasteiger partial charge in [0, 0.05) is 12.0 Å². The van der Waals surface area contributed by atoms with Crippen LogP contribution in [0.2, 0.25) is 5.02 Å². The van der Waals surface area contributed by atoms with Crippen LogP contribution in [-0.4, -0.2) is 51.1 Å². The molecule has 0 bridgehead atoms. The van der Waals surface area contributed by atoms with Crippen molar-refractivity contribution in [3.8, 4) is 0 Å². The van der Waals surface area contributed by atoms with Crippen LogP contribution in [0.1, 0.15) is 12.0 Å². The van der Waals surface area contributed by atoms with E-state index in [1.54, 1.807) is 12.1 Å². The summed E-state index contributed by atoms with van der Waals surface area (Å²) in [6, 6.07) is 17.7. The molecule has 6 nitrogen and oxygen atoms in total. The number of hydrogen-bond donors (Lipinski definition) is 4. The molecule has 2 amide bonds. The fraction of sp³-hybridized carbons (Fsp3) is 0.364. The summed E-state index contributed by atoms with van der Waals surface area (Å²) in [5.41, 5.74) is 1.91. The van der Waals surface area contributed by atoms with Crippen LogP contribution in [0.15, 0.2) is 54.6 Å². The number of quaternary nitrogens is 2. The minimum Gasteiger partial charge on any atom is -0.343 e. The summed E-state index contributed by atoms with van der Waals surface area (Å²) in [5, 5.41) is 6.41. The van der Waals surface area contributed by atoms with Crippen LogP contribution >= 0.6 is 11.6 Å². The van der Waals surface area contributed by atoms with E-state index >= 15 is 0 Å². The van der Waals surface area contributed by atoms with Crippen LogP contribution in [0.3, 0.4) is 0 Å². The Balaban J connectivity index is 1.38. The molecule has 1 saturated heterocycles. The molecule has 2 aromatic carbocycles. The van der Waals surface area contributed by atoms with E-state index in [0.717, 1.165) is 31.0 Å². The van der Waals surface area contributed by atoms with Gasteiger partial charge in [-0.1, -0.05) is 54.1 Å². The number of hydrogen-bond acceptors (Lipinski definition) is 2. The highest BCUT2D eigenvalue weighted by Crippen LogP contribution is 2.19. The van der Waals surface area contributed by atoms with E-state index in [-0.39, 0.29) is 30.9 Å². The van der Waals surface area contributed by atoms with Gasteiger partial charge in [-0.25, -0.2) is 0 Å². The summed E-state index contributed by atoms with van der Waals surface area (Å²) in [4.78, 5) is 26.9. The molecule has 4 N–H and O–H groups in total. The summed E-state index contributed by atoms with van der Waals surface area (Å²) in [7, 11) is 1.84. The molecule has 0 spiro atoms. The number of amides is 2. The van der Waals surface area contributed by atoms with Crippen molar-refractivity contribution < 1.29 is 19.4 Å². The zero-order valence-corrected chi connectivity index (χ0v) is 17.5. The van der Waals surface area contributed by atoms with Gasteiger partial charge in [0.25, 0.3) is 11.8 Å². The Morgan fingerprint density at radius 2 is 1.76 bits per heavy atom. The Bertz CT molecular complexity index is 831. The average Bonchev–Trinajstić information content (AvgIpc) is 3.10. The SMILES string of the molecule is C[NH+](CC(=O)Nc1ccccc1Cl)CC(=O)N[C@H]1CC[NH+](Cc2ccccc2)C1. The van der Waals surface area contributed by atoms with Gasteiger partial charge in [0.05, 0.1) is 36.9 Å². The van der Waals surface area contributed by atoms with Crippen molar-refractivity contribution in [3.05, 3.63) is 65.2 Å². The number of likely N-dealkylation sites (tertiary alicyclic amines) is 1. The highest BCUT2D eigenvalue weighted by Gasteiger charge is 2.28. The maximum Gasteiger partial charge on any atom is 0.279 e. The number of nitrogens with one attached hydrogen (secondary N) is 4. The van der Waals surface area contributed by atoms with Crippen molar-refractivity contribution in [2.75, 3.05) is 38.5 Å². The molecule has 3 rings (SSSR count). The number of benzene rings is 2. The van der Waals surface area contributed by atoms with Gasteiger partial charge in [-0.3, -0.25) is 9.59 Å². The molecule has 1 aliphatic heterocycles. The molecule has 3 atom stereocenters. The fourth-order valence-corrected chi connectivity index (χ4v) is 3.93. The summed E-state index contributed by atoms with van der Waals surface area (Å²) in [6.07, 6.45) is 0.986. The second-order valence-electron chi connectivity index (χ2n) is 7.76. The third-order valence-corrected chi connectivity index (χ3v) is 5.45. The van der Waals surface area contributed by atoms with E-state index in [1.807, 2.05) is 25.2 Å². The predicted octanol–water partition coefficient (Wildman–Crippen LogP) is -0.233. The maximum atomic E-state index is 12.4. The number of carbonyl (C=O) groups excluding carboxylic acids is 2. The van der Waals surface area contributed by atoms with Crippen molar-refractivity contribution in [1.29, 1.82) is 0 Å². The highest BCUT2D eigenvalue weighted by atomic mass is 35.5. The Kier molecular flexibility index (Phi) is 7.63. The topological polar surface area (TPSA) is 67.1 Å². The van der Waals surface area contributed by atoms with Crippen LogP contribution in [0.5, 0.6) is 0 Å². The number of para-hydroxylation sites is 1. The first-order chi connectivity index (χ1) is 14.0. The van der Waals surface area contributed by atoms with Crippen molar-refractivity contribution in [1.82, 2.24) is 5.32 Å². The first-order valence-corrected chi connectivity index (χ1v) is 10.4. The number of likely N-dealkylation sites (N-methyl/N-ethyl adjacent to an activating group) is 1. The molecule has 2 aromatic rings. The second kappa shape index (κ2) is 10.4. The molecule has 0 radical (unpaired) electrons. The first-order valence-electron chi connectivity index (χ1n) is 10.0. The summed E-state index contributed by atoms with van der Waals surface area (Å²) in [5.74, 6) is -0.179. The highest BCUT2D eigenvalue weighted by molar-refractivity contribution is 6.33. The lowest BCUT2D eigenvalue weighted by atomic mass is 10.2. The molecular weight excluding hydrogens is 388 g/mol. The van der Waals surface area contributed by atoms with E-state index in [9.17, 15) is 9.59 Å². The Hall–Kier alpha value is -2.41. The van der Waals surface area contributed by atoms with Crippen molar-refractivity contribution >= 4 is 29.1 Å². The molecule has 0 saturated carbocycles. The summed E-state index contributed by atoms with van der Waals surface area (Å²) in [6.45, 7) is 3.45. The van der Waals surface area contributed by atoms with Crippen LogP contribution in [0.4, 0.5) is 5.69 Å². The minimum absolute atomic E-state index is 0.0148. The molecule has 1 aliphatic rings. The predicted molar refractivity (Wildman–Crippen MR) is 114 cm³/mol. The van der Waals surface area contributed by atoms with Crippen LogP contribution < -0.4 is 20.4 Å². The Labute approximate surface area is 176 Å². The lowest BCUT2D eigenvalue weighted by Gasteiger charge is -2.16. The molecule has 1 heterocycles. The number of rotatable bonds is 8. The number of halogens is 1. The summed E-state index contributed by atoms with van der Waals surface area (Å²) < 4.78 is 0. The standard InChI is InChI=1S/C22H27ClN4O2/c1-26(16-22(29)25-20-10-6-5-9-19(20)23)15-21(28)24-18-11-12-27(14-18)13-17-7-3-2-4-8-17/h2-10,18H,11-16H2,1H3,(H,24,28)(H,25,29)/p+2/t18-/m0/s1. The zero-order valence-electron chi connectivity index (χ0n) is 16.7. The molecule has 1 fully saturated rings. The first kappa shape index (κ1) is 21.3. The van der Waals surface area contributed by atoms with Gasteiger partial charge < -0.3 is 20.4 Å². The van der Waals surface area contributed by atoms with Gasteiger partial charge in [-0.15, -0.1) is 0 Å². The quantitative estimate of drug-likeness (QED) is 0.480. The van der Waals surface area contributed by atoms with Crippen LogP contribution in [-0.2, 0) is 16.1 Å². The van der Waals surface area contributed by atoms with E-state index in [0.29, 0.717) is 10.7 Å².